The van der Waals surface area contributed by atoms with Crippen LogP contribution >= 0.6 is 0 Å². The van der Waals surface area contributed by atoms with Gasteiger partial charge < -0.3 is 15.0 Å². The molecule has 2 aromatic rings. The van der Waals surface area contributed by atoms with E-state index in [0.29, 0.717) is 17.1 Å². The van der Waals surface area contributed by atoms with E-state index < -0.39 is 5.91 Å². The molecule has 18 heavy (non-hydrogen) atoms. The van der Waals surface area contributed by atoms with Gasteiger partial charge >= 0.3 is 0 Å². The van der Waals surface area contributed by atoms with Crippen LogP contribution in [0.2, 0.25) is 0 Å². The van der Waals surface area contributed by atoms with Gasteiger partial charge in [-0.05, 0) is 31.2 Å². The molecule has 94 valence electrons. The third-order valence-corrected chi connectivity index (χ3v) is 2.41. The van der Waals surface area contributed by atoms with Crippen molar-refractivity contribution < 1.29 is 18.4 Å². The van der Waals surface area contributed by atoms with Crippen LogP contribution in [0, 0.1) is 12.7 Å². The van der Waals surface area contributed by atoms with Crippen molar-refractivity contribution in [3.8, 4) is 5.75 Å². The average Bonchev–Trinajstić information content (AvgIpc) is 2.70. The molecule has 2 rings (SSSR count). The van der Waals surface area contributed by atoms with Crippen LogP contribution in [0.4, 0.5) is 4.39 Å². The van der Waals surface area contributed by atoms with E-state index in [1.54, 1.807) is 6.92 Å². The summed E-state index contributed by atoms with van der Waals surface area (Å²) in [6.45, 7) is 1.74. The van der Waals surface area contributed by atoms with Crippen molar-refractivity contribution in [1.29, 1.82) is 0 Å². The Morgan fingerprint density at radius 1 is 1.44 bits per heavy atom. The monoisotopic (exact) mass is 250 g/mol. The Morgan fingerprint density at radius 3 is 2.72 bits per heavy atom. The van der Waals surface area contributed by atoms with Crippen LogP contribution in [0.15, 0.2) is 28.8 Å². The predicted molar refractivity (Wildman–Crippen MR) is 60.5 cm³/mol. The first-order valence-corrected chi connectivity index (χ1v) is 5.21. The lowest BCUT2D eigenvalue weighted by Crippen LogP contribution is -2.14. The highest BCUT2D eigenvalue weighted by molar-refractivity contribution is 5.92. The van der Waals surface area contributed by atoms with Crippen molar-refractivity contribution in [3.63, 3.8) is 0 Å². The van der Waals surface area contributed by atoms with E-state index in [1.165, 1.54) is 24.3 Å². The molecule has 2 N–H and O–H groups in total. The highest BCUT2D eigenvalue weighted by atomic mass is 19.1. The van der Waals surface area contributed by atoms with Crippen LogP contribution in [0.3, 0.4) is 0 Å². The minimum atomic E-state index is -0.676. The van der Waals surface area contributed by atoms with Crippen LogP contribution in [0.25, 0.3) is 0 Å². The molecule has 1 amide bonds. The number of halogens is 1. The predicted octanol–water partition coefficient (Wildman–Crippen LogP) is 1.80. The van der Waals surface area contributed by atoms with Crippen LogP contribution in [0.5, 0.6) is 5.75 Å². The van der Waals surface area contributed by atoms with Crippen molar-refractivity contribution in [2.75, 3.05) is 0 Å². The van der Waals surface area contributed by atoms with Gasteiger partial charge in [-0.15, -0.1) is 0 Å². The molecular weight excluding hydrogens is 239 g/mol. The van der Waals surface area contributed by atoms with E-state index in [4.69, 9.17) is 15.0 Å². The summed E-state index contributed by atoms with van der Waals surface area (Å²) in [5.74, 6) is -0.0794. The van der Waals surface area contributed by atoms with E-state index in [2.05, 4.69) is 5.16 Å². The molecule has 0 fully saturated rings. The Morgan fingerprint density at radius 2 is 2.11 bits per heavy atom. The number of nitrogens with two attached hydrogens (primary N) is 1. The van der Waals surface area contributed by atoms with Crippen molar-refractivity contribution in [2.45, 2.75) is 13.5 Å². The molecule has 1 aromatic carbocycles. The van der Waals surface area contributed by atoms with Gasteiger partial charge in [-0.2, -0.15) is 0 Å². The number of hydrogen-bond acceptors (Lipinski definition) is 4. The van der Waals surface area contributed by atoms with Crippen molar-refractivity contribution in [3.05, 3.63) is 47.1 Å². The molecule has 0 unspecified atom stereocenters. The second kappa shape index (κ2) is 4.87. The van der Waals surface area contributed by atoms with E-state index in [-0.39, 0.29) is 18.1 Å². The molecule has 1 heterocycles. The Kier molecular flexibility index (Phi) is 3.27. The van der Waals surface area contributed by atoms with Crippen LogP contribution < -0.4 is 10.5 Å². The zero-order valence-electron chi connectivity index (χ0n) is 9.64. The van der Waals surface area contributed by atoms with Gasteiger partial charge in [0.15, 0.2) is 5.69 Å². The number of rotatable bonds is 4. The van der Waals surface area contributed by atoms with Crippen LogP contribution in [-0.2, 0) is 6.61 Å². The Hall–Kier alpha value is -2.37. The number of aryl methyl sites for hydroxylation is 1. The lowest BCUT2D eigenvalue weighted by Gasteiger charge is -2.05. The van der Waals surface area contributed by atoms with Gasteiger partial charge in [0.1, 0.15) is 23.9 Å². The lowest BCUT2D eigenvalue weighted by atomic mass is 10.2. The first-order valence-electron chi connectivity index (χ1n) is 5.21. The van der Waals surface area contributed by atoms with Crippen LogP contribution in [0.1, 0.15) is 21.8 Å². The van der Waals surface area contributed by atoms with Crippen LogP contribution in [-0.4, -0.2) is 11.1 Å². The summed E-state index contributed by atoms with van der Waals surface area (Å²) < 4.78 is 23.0. The molecule has 0 atom stereocenters. The second-order valence-corrected chi connectivity index (χ2v) is 3.67. The van der Waals surface area contributed by atoms with Gasteiger partial charge in [0.2, 0.25) is 0 Å². The van der Waals surface area contributed by atoms with Crippen molar-refractivity contribution in [1.82, 2.24) is 5.16 Å². The second-order valence-electron chi connectivity index (χ2n) is 3.67. The molecule has 0 spiro atoms. The Balaban J connectivity index is 2.12. The van der Waals surface area contributed by atoms with Gasteiger partial charge in [-0.1, -0.05) is 5.16 Å². The fourth-order valence-corrected chi connectivity index (χ4v) is 1.44. The standard InChI is InChI=1S/C12H11FN2O3/c1-7-10(11(12(14)16)15-18-7)6-17-9-4-2-8(13)3-5-9/h2-5H,6H2,1H3,(H2,14,16). The molecule has 0 aliphatic heterocycles. The Labute approximate surface area is 102 Å². The summed E-state index contributed by atoms with van der Waals surface area (Å²) in [7, 11) is 0. The van der Waals surface area contributed by atoms with Gasteiger partial charge in [-0.3, -0.25) is 4.79 Å². The van der Waals surface area contributed by atoms with Crippen molar-refractivity contribution in [2.24, 2.45) is 5.73 Å². The number of amides is 1. The molecule has 1 aromatic heterocycles. The fourth-order valence-electron chi connectivity index (χ4n) is 1.44. The van der Waals surface area contributed by atoms with E-state index >= 15 is 0 Å². The zero-order chi connectivity index (χ0) is 13.1. The molecular formula is C12H11FN2O3. The molecule has 0 aliphatic rings. The molecule has 0 bridgehead atoms. The number of carbonyl (C=O) groups is 1. The SMILES string of the molecule is Cc1onc(C(N)=O)c1COc1ccc(F)cc1. The molecule has 0 aliphatic carbocycles. The zero-order valence-corrected chi connectivity index (χ0v) is 9.64. The van der Waals surface area contributed by atoms with Gasteiger partial charge in [-0.25, -0.2) is 4.39 Å². The number of aromatic nitrogens is 1. The minimum absolute atomic E-state index is 0.0506. The summed E-state index contributed by atoms with van der Waals surface area (Å²) in [5, 5.41) is 3.55. The first-order chi connectivity index (χ1) is 8.58. The smallest absolute Gasteiger partial charge is 0.271 e. The maximum Gasteiger partial charge on any atom is 0.271 e. The summed E-state index contributed by atoms with van der Waals surface area (Å²) in [6.07, 6.45) is 0. The number of carbonyl (C=O) groups excluding carboxylic acids is 1. The van der Waals surface area contributed by atoms with E-state index in [1.807, 2.05) is 0 Å². The fraction of sp³-hybridized carbons (Fsp3) is 0.167. The number of nitrogens with zero attached hydrogens (tertiary/aromatic N) is 1. The topological polar surface area (TPSA) is 78.4 Å². The van der Waals surface area contributed by atoms with E-state index in [0.717, 1.165) is 0 Å². The minimum Gasteiger partial charge on any atom is -0.489 e. The quantitative estimate of drug-likeness (QED) is 0.897. The maximum absolute atomic E-state index is 12.7. The van der Waals surface area contributed by atoms with Gasteiger partial charge in [0.05, 0.1) is 5.56 Å². The number of benzene rings is 1. The third kappa shape index (κ3) is 2.48. The highest BCUT2D eigenvalue weighted by Crippen LogP contribution is 2.17. The maximum atomic E-state index is 12.7. The summed E-state index contributed by atoms with van der Waals surface area (Å²) in [5.41, 5.74) is 5.69. The first kappa shape index (κ1) is 12.1. The molecule has 5 nitrogen and oxygen atoms in total. The van der Waals surface area contributed by atoms with Gasteiger partial charge in [0, 0.05) is 0 Å². The summed E-state index contributed by atoms with van der Waals surface area (Å²) in [6, 6.07) is 5.54. The Bertz CT molecular complexity index is 563. The summed E-state index contributed by atoms with van der Waals surface area (Å²) in [4.78, 5) is 11.1. The number of hydrogen-bond donors (Lipinski definition) is 1. The van der Waals surface area contributed by atoms with E-state index in [9.17, 15) is 9.18 Å². The molecule has 0 radical (unpaired) electrons. The lowest BCUT2D eigenvalue weighted by molar-refractivity contribution is 0.0989. The largest absolute Gasteiger partial charge is 0.489 e. The average molecular weight is 250 g/mol. The normalized spacial score (nSPS) is 10.3. The number of primary amides is 1. The molecule has 6 heteroatoms. The molecule has 0 saturated carbocycles. The van der Waals surface area contributed by atoms with Gasteiger partial charge in [0.25, 0.3) is 5.91 Å². The number of ether oxygens (including phenoxy) is 1. The third-order valence-electron chi connectivity index (χ3n) is 2.41. The highest BCUT2D eigenvalue weighted by Gasteiger charge is 2.17. The summed E-state index contributed by atoms with van der Waals surface area (Å²) >= 11 is 0. The van der Waals surface area contributed by atoms with Crippen molar-refractivity contribution >= 4 is 5.91 Å². The molecule has 0 saturated heterocycles.